The zero-order valence-electron chi connectivity index (χ0n) is 24.3. The van der Waals surface area contributed by atoms with Crippen molar-refractivity contribution in [3.63, 3.8) is 0 Å². The Morgan fingerprint density at radius 1 is 0.850 bits per heavy atom. The van der Waals surface area contributed by atoms with E-state index in [-0.39, 0.29) is 5.91 Å². The predicted octanol–water partition coefficient (Wildman–Crippen LogP) is 6.77. The highest BCUT2D eigenvalue weighted by Crippen LogP contribution is 2.29. The lowest BCUT2D eigenvalue weighted by Crippen LogP contribution is -2.39. The average Bonchev–Trinajstić information content (AvgIpc) is 3.00. The molecule has 2 heterocycles. The number of nitrogens with one attached hydrogen (secondary N) is 1. The lowest BCUT2D eigenvalue weighted by Gasteiger charge is -2.34. The second-order valence-corrected chi connectivity index (χ2v) is 12.0. The van der Waals surface area contributed by atoms with Gasteiger partial charge in [0.25, 0.3) is 5.91 Å². The molecule has 0 aliphatic carbocycles. The number of carbonyl (C=O) groups excluding carboxylic acids is 1. The van der Waals surface area contributed by atoms with Gasteiger partial charge in [-0.1, -0.05) is 79.2 Å². The first-order valence-electron chi connectivity index (χ1n) is 15.6. The standard InChI is InChI=1S/C36H47N3O/c1-29-12-8-9-22-39(29)23-11-21-37-36(40)34-18-10-13-31(27-34)26-30-19-24-38(25-20-30)28-35(32-14-4-2-5-15-32)33-16-6-3-7-17-33/h2-7,10,13-18,27,29-30,35H,8-9,11-12,19-26,28H2,1H3,(H,37,40). The lowest BCUT2D eigenvalue weighted by molar-refractivity contribution is 0.0948. The van der Waals surface area contributed by atoms with Crippen LogP contribution in [-0.4, -0.2) is 61.0 Å². The Bertz CT molecular complexity index is 1130. The maximum absolute atomic E-state index is 12.9. The molecule has 2 aliphatic heterocycles. The van der Waals surface area contributed by atoms with Crippen LogP contribution in [0.3, 0.4) is 0 Å². The third-order valence-corrected chi connectivity index (χ3v) is 9.11. The van der Waals surface area contributed by atoms with Crippen LogP contribution in [-0.2, 0) is 6.42 Å². The van der Waals surface area contributed by atoms with Gasteiger partial charge in [0, 0.05) is 37.2 Å². The molecule has 4 heteroatoms. The summed E-state index contributed by atoms with van der Waals surface area (Å²) in [4.78, 5) is 18.1. The first-order chi connectivity index (χ1) is 19.7. The summed E-state index contributed by atoms with van der Waals surface area (Å²) in [5.74, 6) is 1.14. The maximum Gasteiger partial charge on any atom is 0.251 e. The Balaban J connectivity index is 1.08. The van der Waals surface area contributed by atoms with Crippen molar-refractivity contribution in [3.05, 3.63) is 107 Å². The van der Waals surface area contributed by atoms with Crippen LogP contribution in [0.4, 0.5) is 0 Å². The molecule has 1 atom stereocenters. The molecule has 0 saturated carbocycles. The van der Waals surface area contributed by atoms with Crippen molar-refractivity contribution >= 4 is 5.91 Å². The second kappa shape index (κ2) is 14.6. The van der Waals surface area contributed by atoms with E-state index >= 15 is 0 Å². The predicted molar refractivity (Wildman–Crippen MR) is 166 cm³/mol. The molecule has 1 amide bonds. The van der Waals surface area contributed by atoms with E-state index in [1.165, 1.54) is 55.3 Å². The third-order valence-electron chi connectivity index (χ3n) is 9.11. The van der Waals surface area contributed by atoms with Crippen molar-refractivity contribution in [1.29, 1.82) is 0 Å². The molecule has 212 valence electrons. The molecule has 0 aromatic heterocycles. The molecule has 2 fully saturated rings. The fraction of sp³-hybridized carbons (Fsp3) is 0.472. The zero-order valence-corrected chi connectivity index (χ0v) is 24.3. The lowest BCUT2D eigenvalue weighted by atomic mass is 9.87. The van der Waals surface area contributed by atoms with Crippen LogP contribution < -0.4 is 5.32 Å². The highest BCUT2D eigenvalue weighted by Gasteiger charge is 2.24. The number of amides is 1. The Hall–Kier alpha value is -2.95. The fourth-order valence-electron chi connectivity index (χ4n) is 6.65. The minimum atomic E-state index is 0.0660. The second-order valence-electron chi connectivity index (χ2n) is 12.0. The number of piperidine rings is 2. The summed E-state index contributed by atoms with van der Waals surface area (Å²) in [7, 11) is 0. The van der Waals surface area contributed by atoms with Gasteiger partial charge in [0.05, 0.1) is 0 Å². The summed E-state index contributed by atoms with van der Waals surface area (Å²) in [6.45, 7) is 8.70. The van der Waals surface area contributed by atoms with Crippen molar-refractivity contribution in [2.24, 2.45) is 5.92 Å². The number of carbonyl (C=O) groups is 1. The van der Waals surface area contributed by atoms with Crippen molar-refractivity contribution in [2.45, 2.75) is 63.8 Å². The summed E-state index contributed by atoms with van der Waals surface area (Å²) in [5.41, 5.74) is 4.88. The van der Waals surface area contributed by atoms with E-state index in [0.717, 1.165) is 51.1 Å². The number of hydrogen-bond donors (Lipinski definition) is 1. The highest BCUT2D eigenvalue weighted by molar-refractivity contribution is 5.94. The van der Waals surface area contributed by atoms with Crippen LogP contribution in [0.15, 0.2) is 84.9 Å². The van der Waals surface area contributed by atoms with E-state index in [9.17, 15) is 4.79 Å². The fourth-order valence-corrected chi connectivity index (χ4v) is 6.65. The monoisotopic (exact) mass is 537 g/mol. The summed E-state index contributed by atoms with van der Waals surface area (Å²) in [6.07, 6.45) is 8.47. The highest BCUT2D eigenvalue weighted by atomic mass is 16.1. The molecule has 3 aromatic carbocycles. The van der Waals surface area contributed by atoms with Crippen molar-refractivity contribution in [3.8, 4) is 0 Å². The SMILES string of the molecule is CC1CCCCN1CCCNC(=O)c1cccc(CC2CCN(CC(c3ccccc3)c3ccccc3)CC2)c1. The number of rotatable bonds is 11. The van der Waals surface area contributed by atoms with Gasteiger partial charge in [-0.15, -0.1) is 0 Å². The topological polar surface area (TPSA) is 35.6 Å². The molecule has 2 aliphatic rings. The number of hydrogen-bond acceptors (Lipinski definition) is 3. The molecule has 40 heavy (non-hydrogen) atoms. The van der Waals surface area contributed by atoms with E-state index in [2.05, 4.69) is 101 Å². The normalized spacial score (nSPS) is 19.1. The Morgan fingerprint density at radius 3 is 2.23 bits per heavy atom. The van der Waals surface area contributed by atoms with Crippen LogP contribution in [0, 0.1) is 5.92 Å². The summed E-state index contributed by atoms with van der Waals surface area (Å²) in [6, 6.07) is 30.9. The molecule has 1 unspecified atom stereocenters. The van der Waals surface area contributed by atoms with Crippen molar-refractivity contribution < 1.29 is 4.79 Å². The van der Waals surface area contributed by atoms with Gasteiger partial charge in [-0.25, -0.2) is 0 Å². The van der Waals surface area contributed by atoms with Gasteiger partial charge in [0.2, 0.25) is 0 Å². The number of nitrogens with zero attached hydrogens (tertiary/aromatic N) is 2. The van der Waals surface area contributed by atoms with Crippen LogP contribution in [0.1, 0.15) is 78.4 Å². The minimum Gasteiger partial charge on any atom is -0.352 e. The quantitative estimate of drug-likeness (QED) is 0.274. The molecule has 1 N–H and O–H groups in total. The van der Waals surface area contributed by atoms with Crippen LogP contribution in [0.5, 0.6) is 0 Å². The van der Waals surface area contributed by atoms with E-state index in [1.54, 1.807) is 0 Å². The van der Waals surface area contributed by atoms with Crippen molar-refractivity contribution in [1.82, 2.24) is 15.1 Å². The van der Waals surface area contributed by atoms with E-state index < -0.39 is 0 Å². The smallest absolute Gasteiger partial charge is 0.251 e. The summed E-state index contributed by atoms with van der Waals surface area (Å²) < 4.78 is 0. The molecule has 0 spiro atoms. The molecule has 2 saturated heterocycles. The largest absolute Gasteiger partial charge is 0.352 e. The van der Waals surface area contributed by atoms with Gasteiger partial charge in [0.1, 0.15) is 0 Å². The number of likely N-dealkylation sites (tertiary alicyclic amines) is 2. The van der Waals surface area contributed by atoms with Crippen molar-refractivity contribution in [2.75, 3.05) is 39.3 Å². The molecule has 0 radical (unpaired) electrons. The average molecular weight is 538 g/mol. The minimum absolute atomic E-state index is 0.0660. The molecule has 3 aromatic rings. The Kier molecular flexibility index (Phi) is 10.4. The van der Waals surface area contributed by atoms with Gasteiger partial charge in [0.15, 0.2) is 0 Å². The molecular weight excluding hydrogens is 490 g/mol. The van der Waals surface area contributed by atoms with Gasteiger partial charge < -0.3 is 15.1 Å². The summed E-state index contributed by atoms with van der Waals surface area (Å²) >= 11 is 0. The molecule has 0 bridgehead atoms. The molecular formula is C36H47N3O. The van der Waals surface area contributed by atoms with Crippen LogP contribution in [0.25, 0.3) is 0 Å². The van der Waals surface area contributed by atoms with E-state index in [0.29, 0.717) is 17.9 Å². The molecule has 4 nitrogen and oxygen atoms in total. The third kappa shape index (κ3) is 8.05. The van der Waals surface area contributed by atoms with Gasteiger partial charge in [-0.2, -0.15) is 0 Å². The van der Waals surface area contributed by atoms with Crippen LogP contribution in [0.2, 0.25) is 0 Å². The number of benzene rings is 3. The summed E-state index contributed by atoms with van der Waals surface area (Å²) in [5, 5.41) is 3.16. The first kappa shape index (κ1) is 28.6. The van der Waals surface area contributed by atoms with Gasteiger partial charge in [-0.3, -0.25) is 4.79 Å². The van der Waals surface area contributed by atoms with Crippen LogP contribution >= 0.6 is 0 Å². The maximum atomic E-state index is 12.9. The van der Waals surface area contributed by atoms with E-state index in [4.69, 9.17) is 0 Å². The van der Waals surface area contributed by atoms with E-state index in [1.807, 2.05) is 6.07 Å². The zero-order chi connectivity index (χ0) is 27.6. The van der Waals surface area contributed by atoms with Gasteiger partial charge in [-0.05, 0) is 99.8 Å². The Morgan fingerprint density at radius 2 is 1.55 bits per heavy atom. The molecule has 5 rings (SSSR count). The Labute approximate surface area is 241 Å². The first-order valence-corrected chi connectivity index (χ1v) is 15.6. The van der Waals surface area contributed by atoms with Gasteiger partial charge >= 0.3 is 0 Å².